The number of hydrogen-bond acceptors (Lipinski definition) is 3. The van der Waals surface area contributed by atoms with Crippen LogP contribution in [0.2, 0.25) is 0 Å². The summed E-state index contributed by atoms with van der Waals surface area (Å²) in [6.45, 7) is 0. The lowest BCUT2D eigenvalue weighted by molar-refractivity contribution is 0.0685. The molecule has 4 nitrogen and oxygen atoms in total. The lowest BCUT2D eigenvalue weighted by Gasteiger charge is -2.05. The minimum atomic E-state index is -2.95. The van der Waals surface area contributed by atoms with E-state index >= 15 is 0 Å². The van der Waals surface area contributed by atoms with Gasteiger partial charge in [-0.3, -0.25) is 0 Å². The van der Waals surface area contributed by atoms with Gasteiger partial charge in [-0.15, -0.1) is 0 Å². The van der Waals surface area contributed by atoms with Gasteiger partial charge in [0.15, 0.2) is 11.4 Å². The Balaban J connectivity index is 3.40. The molecule has 0 aliphatic heterocycles. The average Bonchev–Trinajstić information content (AvgIpc) is 2.07. The SMILES string of the molecule is O=C(O)c1nc(Br)cc(C(F)F)c1O. The van der Waals surface area contributed by atoms with Gasteiger partial charge in [0.25, 0.3) is 6.43 Å². The summed E-state index contributed by atoms with van der Waals surface area (Å²) in [4.78, 5) is 13.8. The van der Waals surface area contributed by atoms with E-state index in [1.165, 1.54) is 0 Å². The van der Waals surface area contributed by atoms with Crippen LogP contribution in [0, 0.1) is 0 Å². The topological polar surface area (TPSA) is 70.4 Å². The van der Waals surface area contributed by atoms with Crippen LogP contribution in [-0.4, -0.2) is 21.2 Å². The van der Waals surface area contributed by atoms with Crippen LogP contribution in [-0.2, 0) is 0 Å². The summed E-state index contributed by atoms with van der Waals surface area (Å²) in [5.41, 5.74) is -1.56. The van der Waals surface area contributed by atoms with E-state index in [9.17, 15) is 13.6 Å². The van der Waals surface area contributed by atoms with Crippen LogP contribution < -0.4 is 0 Å². The molecule has 1 heterocycles. The normalized spacial score (nSPS) is 10.6. The number of aromatic nitrogens is 1. The Hall–Kier alpha value is -1.24. The standard InChI is InChI=1S/C7H4BrF2NO3/c8-3-1-2(6(9)10)5(12)4(11-3)7(13)14/h1,6,12H,(H,13,14). The molecule has 0 fully saturated rings. The van der Waals surface area contributed by atoms with E-state index in [-0.39, 0.29) is 4.60 Å². The minimum absolute atomic E-state index is 0.0667. The Morgan fingerprint density at radius 2 is 2.14 bits per heavy atom. The number of aromatic carboxylic acids is 1. The van der Waals surface area contributed by atoms with E-state index in [0.29, 0.717) is 0 Å². The molecule has 0 unspecified atom stereocenters. The summed E-state index contributed by atoms with van der Waals surface area (Å²) >= 11 is 2.76. The van der Waals surface area contributed by atoms with Crippen molar-refractivity contribution in [3.05, 3.63) is 21.9 Å². The maximum atomic E-state index is 12.2. The fraction of sp³-hybridized carbons (Fsp3) is 0.143. The van der Waals surface area contributed by atoms with Gasteiger partial charge in [0.1, 0.15) is 4.60 Å². The second-order valence-corrected chi connectivity index (χ2v) is 3.15. The molecule has 76 valence electrons. The molecule has 2 N–H and O–H groups in total. The van der Waals surface area contributed by atoms with Gasteiger partial charge in [0.05, 0.1) is 5.56 Å². The van der Waals surface area contributed by atoms with Crippen LogP contribution in [0.4, 0.5) is 8.78 Å². The number of carboxylic acid groups (broad SMARTS) is 1. The Morgan fingerprint density at radius 3 is 2.57 bits per heavy atom. The third-order valence-electron chi connectivity index (χ3n) is 1.43. The summed E-state index contributed by atoms with van der Waals surface area (Å²) < 4.78 is 24.4. The Bertz CT molecular complexity index is 383. The molecule has 0 bridgehead atoms. The predicted molar refractivity (Wildman–Crippen MR) is 45.5 cm³/mol. The number of halogens is 3. The van der Waals surface area contributed by atoms with Gasteiger partial charge in [-0.1, -0.05) is 0 Å². The zero-order chi connectivity index (χ0) is 10.9. The van der Waals surface area contributed by atoms with Crippen LogP contribution in [0.25, 0.3) is 0 Å². The molecule has 0 atom stereocenters. The molecule has 0 saturated carbocycles. The fourth-order valence-electron chi connectivity index (χ4n) is 0.841. The van der Waals surface area contributed by atoms with Crippen LogP contribution >= 0.6 is 15.9 Å². The van der Waals surface area contributed by atoms with Gasteiger partial charge in [0, 0.05) is 0 Å². The number of nitrogens with zero attached hydrogens (tertiary/aromatic N) is 1. The first-order chi connectivity index (χ1) is 6.43. The first-order valence-electron chi connectivity index (χ1n) is 3.34. The summed E-state index contributed by atoms with van der Waals surface area (Å²) in [6, 6.07) is 0.867. The molecule has 14 heavy (non-hydrogen) atoms. The summed E-state index contributed by atoms with van der Waals surface area (Å²) in [5, 5.41) is 17.6. The molecular formula is C7H4BrF2NO3. The molecule has 0 radical (unpaired) electrons. The molecule has 0 aliphatic carbocycles. The molecule has 0 aliphatic rings. The number of aromatic hydroxyl groups is 1. The largest absolute Gasteiger partial charge is 0.505 e. The Morgan fingerprint density at radius 1 is 1.57 bits per heavy atom. The zero-order valence-corrected chi connectivity index (χ0v) is 8.12. The minimum Gasteiger partial charge on any atom is -0.505 e. The smallest absolute Gasteiger partial charge is 0.358 e. The Kier molecular flexibility index (Phi) is 3.00. The third kappa shape index (κ3) is 1.98. The quantitative estimate of drug-likeness (QED) is 0.806. The number of rotatable bonds is 2. The van der Waals surface area contributed by atoms with Gasteiger partial charge in [-0.2, -0.15) is 0 Å². The maximum Gasteiger partial charge on any atom is 0.358 e. The maximum absolute atomic E-state index is 12.2. The Labute approximate surface area is 85.3 Å². The van der Waals surface area contributed by atoms with E-state index in [4.69, 9.17) is 10.2 Å². The second-order valence-electron chi connectivity index (χ2n) is 2.34. The molecule has 0 saturated heterocycles. The first kappa shape index (κ1) is 10.8. The first-order valence-corrected chi connectivity index (χ1v) is 4.13. The van der Waals surface area contributed by atoms with Gasteiger partial charge in [0.2, 0.25) is 0 Å². The van der Waals surface area contributed by atoms with E-state index in [1.807, 2.05) is 0 Å². The zero-order valence-electron chi connectivity index (χ0n) is 6.54. The van der Waals surface area contributed by atoms with Crippen LogP contribution in [0.5, 0.6) is 5.75 Å². The lowest BCUT2D eigenvalue weighted by Crippen LogP contribution is -2.03. The predicted octanol–water partition coefficient (Wildman–Crippen LogP) is 2.19. The van der Waals surface area contributed by atoms with Gasteiger partial charge in [-0.05, 0) is 22.0 Å². The van der Waals surface area contributed by atoms with Crippen molar-refractivity contribution in [3.8, 4) is 5.75 Å². The van der Waals surface area contributed by atoms with Gasteiger partial charge < -0.3 is 10.2 Å². The van der Waals surface area contributed by atoms with Crippen LogP contribution in [0.1, 0.15) is 22.5 Å². The van der Waals surface area contributed by atoms with E-state index in [0.717, 1.165) is 6.07 Å². The molecule has 1 rings (SSSR count). The highest BCUT2D eigenvalue weighted by Gasteiger charge is 2.21. The highest BCUT2D eigenvalue weighted by Crippen LogP contribution is 2.32. The monoisotopic (exact) mass is 267 g/mol. The molecule has 1 aromatic heterocycles. The number of alkyl halides is 2. The third-order valence-corrected chi connectivity index (χ3v) is 1.83. The van der Waals surface area contributed by atoms with Crippen molar-refractivity contribution >= 4 is 21.9 Å². The number of carbonyl (C=O) groups is 1. The molecular weight excluding hydrogens is 264 g/mol. The second kappa shape index (κ2) is 3.87. The molecule has 7 heteroatoms. The van der Waals surface area contributed by atoms with Gasteiger partial charge >= 0.3 is 5.97 Å². The highest BCUT2D eigenvalue weighted by molar-refractivity contribution is 9.10. The summed E-state index contributed by atoms with van der Waals surface area (Å²) in [6.07, 6.45) is -2.95. The average molecular weight is 268 g/mol. The highest BCUT2D eigenvalue weighted by atomic mass is 79.9. The van der Waals surface area contributed by atoms with E-state index in [1.54, 1.807) is 0 Å². The fourth-order valence-corrected chi connectivity index (χ4v) is 1.26. The lowest BCUT2D eigenvalue weighted by atomic mass is 10.2. The van der Waals surface area contributed by atoms with Crippen molar-refractivity contribution in [2.24, 2.45) is 0 Å². The number of carboxylic acids is 1. The van der Waals surface area contributed by atoms with Crippen molar-refractivity contribution in [2.75, 3.05) is 0 Å². The van der Waals surface area contributed by atoms with E-state index in [2.05, 4.69) is 20.9 Å². The van der Waals surface area contributed by atoms with Crippen molar-refractivity contribution in [1.82, 2.24) is 4.98 Å². The summed E-state index contributed by atoms with van der Waals surface area (Å²) in [5.74, 6) is -2.57. The number of pyridine rings is 1. The molecule has 0 aromatic carbocycles. The van der Waals surface area contributed by atoms with Gasteiger partial charge in [-0.25, -0.2) is 18.6 Å². The van der Waals surface area contributed by atoms with Crippen molar-refractivity contribution in [2.45, 2.75) is 6.43 Å². The van der Waals surface area contributed by atoms with Crippen molar-refractivity contribution < 1.29 is 23.8 Å². The molecule has 0 spiro atoms. The van der Waals surface area contributed by atoms with Crippen LogP contribution in [0.3, 0.4) is 0 Å². The summed E-state index contributed by atoms with van der Waals surface area (Å²) in [7, 11) is 0. The van der Waals surface area contributed by atoms with Crippen molar-refractivity contribution in [1.29, 1.82) is 0 Å². The van der Waals surface area contributed by atoms with Crippen molar-refractivity contribution in [3.63, 3.8) is 0 Å². The molecule has 0 amide bonds. The molecule has 1 aromatic rings. The van der Waals surface area contributed by atoms with E-state index < -0.39 is 29.4 Å². The number of hydrogen-bond donors (Lipinski definition) is 2. The van der Waals surface area contributed by atoms with Crippen LogP contribution in [0.15, 0.2) is 10.7 Å².